The zero-order chi connectivity index (χ0) is 12.0. The van der Waals surface area contributed by atoms with Crippen molar-refractivity contribution in [2.45, 2.75) is 51.4 Å². The van der Waals surface area contributed by atoms with Crippen LogP contribution < -0.4 is 0 Å². The Balaban J connectivity index is 2.06. The molecule has 0 unspecified atom stereocenters. The molecule has 16 heavy (non-hydrogen) atoms. The predicted molar refractivity (Wildman–Crippen MR) is 64.6 cm³/mol. The Labute approximate surface area is 98.6 Å². The summed E-state index contributed by atoms with van der Waals surface area (Å²) in [7, 11) is -1.57. The molecule has 0 spiro atoms. The standard InChI is InChI=1S/C12H22O3Si/c1-5-14-11(13)10-9-7-6-8-12(9,10)15-16(2,3)4/h9-10H,5-8H2,1-4H3/t9-,10-,12+/m0/s1. The van der Waals surface area contributed by atoms with Gasteiger partial charge in [-0.15, -0.1) is 0 Å². The Morgan fingerprint density at radius 3 is 2.69 bits per heavy atom. The lowest BCUT2D eigenvalue weighted by molar-refractivity contribution is -0.146. The van der Waals surface area contributed by atoms with E-state index in [2.05, 4.69) is 19.6 Å². The molecule has 2 saturated carbocycles. The second-order valence-electron chi connectivity index (χ2n) is 5.90. The molecule has 0 aliphatic heterocycles. The van der Waals surface area contributed by atoms with Crippen LogP contribution in [0.3, 0.4) is 0 Å². The predicted octanol–water partition coefficient (Wildman–Crippen LogP) is 2.57. The summed E-state index contributed by atoms with van der Waals surface area (Å²) in [6.07, 6.45) is 3.38. The van der Waals surface area contributed by atoms with Crippen LogP contribution in [0.1, 0.15) is 26.2 Å². The van der Waals surface area contributed by atoms with Crippen LogP contribution in [0.15, 0.2) is 0 Å². The fourth-order valence-corrected chi connectivity index (χ4v) is 4.72. The molecule has 0 radical (unpaired) electrons. The van der Waals surface area contributed by atoms with Gasteiger partial charge in [0.1, 0.15) is 0 Å². The molecule has 0 N–H and O–H groups in total. The highest BCUT2D eigenvalue weighted by Crippen LogP contribution is 2.64. The van der Waals surface area contributed by atoms with Gasteiger partial charge in [0.2, 0.25) is 0 Å². The average Bonchev–Trinajstić information content (AvgIpc) is 2.52. The third-order valence-electron chi connectivity index (χ3n) is 3.57. The first kappa shape index (κ1) is 12.1. The average molecular weight is 242 g/mol. The molecule has 92 valence electrons. The van der Waals surface area contributed by atoms with Gasteiger partial charge in [0.25, 0.3) is 0 Å². The molecule has 0 aromatic rings. The second kappa shape index (κ2) is 3.84. The molecule has 0 aromatic carbocycles. The van der Waals surface area contributed by atoms with Crippen molar-refractivity contribution in [1.29, 1.82) is 0 Å². The van der Waals surface area contributed by atoms with E-state index in [4.69, 9.17) is 9.16 Å². The zero-order valence-corrected chi connectivity index (χ0v) is 11.7. The van der Waals surface area contributed by atoms with E-state index >= 15 is 0 Å². The van der Waals surface area contributed by atoms with Crippen LogP contribution in [-0.4, -0.2) is 26.5 Å². The Morgan fingerprint density at radius 2 is 2.12 bits per heavy atom. The van der Waals surface area contributed by atoms with Crippen molar-refractivity contribution in [2.24, 2.45) is 11.8 Å². The Morgan fingerprint density at radius 1 is 1.44 bits per heavy atom. The van der Waals surface area contributed by atoms with Gasteiger partial charge >= 0.3 is 5.97 Å². The van der Waals surface area contributed by atoms with Crippen molar-refractivity contribution in [3.8, 4) is 0 Å². The zero-order valence-electron chi connectivity index (χ0n) is 10.7. The quantitative estimate of drug-likeness (QED) is 0.561. The van der Waals surface area contributed by atoms with Gasteiger partial charge in [-0.1, -0.05) is 6.42 Å². The summed E-state index contributed by atoms with van der Waals surface area (Å²) in [5.41, 5.74) is -0.128. The van der Waals surface area contributed by atoms with Gasteiger partial charge in [-0.25, -0.2) is 0 Å². The fraction of sp³-hybridized carbons (Fsp3) is 0.917. The van der Waals surface area contributed by atoms with Crippen LogP contribution in [0.4, 0.5) is 0 Å². The Bertz CT molecular complexity index is 297. The monoisotopic (exact) mass is 242 g/mol. The first-order chi connectivity index (χ1) is 7.41. The van der Waals surface area contributed by atoms with E-state index in [0.717, 1.165) is 12.8 Å². The number of hydrogen-bond acceptors (Lipinski definition) is 3. The van der Waals surface area contributed by atoms with Gasteiger partial charge in [-0.2, -0.15) is 0 Å². The molecular formula is C12H22O3Si. The lowest BCUT2D eigenvalue weighted by Crippen LogP contribution is -2.35. The van der Waals surface area contributed by atoms with Gasteiger partial charge in [0, 0.05) is 5.92 Å². The molecule has 2 aliphatic rings. The number of carbonyl (C=O) groups excluding carboxylic acids is 1. The molecule has 0 saturated heterocycles. The first-order valence-corrected chi connectivity index (χ1v) is 9.68. The third kappa shape index (κ3) is 1.93. The summed E-state index contributed by atoms with van der Waals surface area (Å²) in [5, 5.41) is 0. The maximum atomic E-state index is 11.8. The lowest BCUT2D eigenvalue weighted by Gasteiger charge is -2.26. The number of rotatable bonds is 4. The van der Waals surface area contributed by atoms with Crippen LogP contribution in [0.5, 0.6) is 0 Å². The van der Waals surface area contributed by atoms with Gasteiger partial charge in [0.05, 0.1) is 18.1 Å². The molecule has 0 amide bonds. The summed E-state index contributed by atoms with van der Waals surface area (Å²) < 4.78 is 11.4. The van der Waals surface area contributed by atoms with Crippen LogP contribution in [0, 0.1) is 11.8 Å². The number of esters is 1. The summed E-state index contributed by atoms with van der Waals surface area (Å²) in [6.45, 7) is 8.92. The minimum Gasteiger partial charge on any atom is -0.466 e. The molecule has 2 rings (SSSR count). The maximum Gasteiger partial charge on any atom is 0.312 e. The van der Waals surface area contributed by atoms with Crippen molar-refractivity contribution >= 4 is 14.3 Å². The normalized spacial score (nSPS) is 37.0. The topological polar surface area (TPSA) is 35.5 Å². The van der Waals surface area contributed by atoms with E-state index in [-0.39, 0.29) is 17.5 Å². The van der Waals surface area contributed by atoms with E-state index in [1.165, 1.54) is 6.42 Å². The summed E-state index contributed by atoms with van der Waals surface area (Å²) in [6, 6.07) is 0. The van der Waals surface area contributed by atoms with Gasteiger partial charge in [-0.3, -0.25) is 4.79 Å². The van der Waals surface area contributed by atoms with Crippen LogP contribution >= 0.6 is 0 Å². The van der Waals surface area contributed by atoms with Gasteiger partial charge in [-0.05, 0) is 39.4 Å². The molecule has 0 bridgehead atoms. The summed E-state index contributed by atoms with van der Waals surface area (Å²) in [4.78, 5) is 11.8. The van der Waals surface area contributed by atoms with Gasteiger partial charge < -0.3 is 9.16 Å². The summed E-state index contributed by atoms with van der Waals surface area (Å²) in [5.74, 6) is 0.441. The molecule has 2 fully saturated rings. The second-order valence-corrected chi connectivity index (χ2v) is 10.3. The lowest BCUT2D eigenvalue weighted by atomic mass is 10.1. The molecule has 0 heterocycles. The molecule has 0 aromatic heterocycles. The van der Waals surface area contributed by atoms with Crippen LogP contribution in [0.25, 0.3) is 0 Å². The van der Waals surface area contributed by atoms with Crippen molar-refractivity contribution in [3.05, 3.63) is 0 Å². The van der Waals surface area contributed by atoms with Crippen molar-refractivity contribution in [2.75, 3.05) is 6.61 Å². The number of carbonyl (C=O) groups is 1. The van der Waals surface area contributed by atoms with E-state index < -0.39 is 8.32 Å². The SMILES string of the molecule is CCOC(=O)[C@@H]1[C@@H]2CCC[C@]12O[Si](C)(C)C. The highest BCUT2D eigenvalue weighted by Gasteiger charge is 2.72. The van der Waals surface area contributed by atoms with Crippen LogP contribution in [0.2, 0.25) is 19.6 Å². The Kier molecular flexibility index (Phi) is 2.91. The minimum atomic E-state index is -1.57. The van der Waals surface area contributed by atoms with E-state index in [1.54, 1.807) is 0 Å². The van der Waals surface area contributed by atoms with E-state index in [9.17, 15) is 4.79 Å². The highest BCUT2D eigenvalue weighted by molar-refractivity contribution is 6.69. The largest absolute Gasteiger partial charge is 0.466 e. The van der Waals surface area contributed by atoms with Crippen molar-refractivity contribution < 1.29 is 14.0 Å². The van der Waals surface area contributed by atoms with Gasteiger partial charge in [0.15, 0.2) is 8.32 Å². The first-order valence-electron chi connectivity index (χ1n) is 6.27. The fourth-order valence-electron chi connectivity index (χ4n) is 3.20. The summed E-state index contributed by atoms with van der Waals surface area (Å²) >= 11 is 0. The van der Waals surface area contributed by atoms with Crippen LogP contribution in [-0.2, 0) is 14.0 Å². The van der Waals surface area contributed by atoms with E-state index in [0.29, 0.717) is 12.5 Å². The smallest absolute Gasteiger partial charge is 0.312 e. The minimum absolute atomic E-state index is 0.0351. The number of fused-ring (bicyclic) bond motifs is 1. The number of ether oxygens (including phenoxy) is 1. The molecule has 2 aliphatic carbocycles. The van der Waals surface area contributed by atoms with Crippen molar-refractivity contribution in [1.82, 2.24) is 0 Å². The van der Waals surface area contributed by atoms with E-state index in [1.807, 2.05) is 6.92 Å². The molecule has 3 nitrogen and oxygen atoms in total. The molecular weight excluding hydrogens is 220 g/mol. The molecule has 3 atom stereocenters. The molecule has 4 heteroatoms. The third-order valence-corrected chi connectivity index (χ3v) is 4.56. The highest BCUT2D eigenvalue weighted by atomic mass is 28.4. The Hall–Kier alpha value is -0.353. The maximum absolute atomic E-state index is 11.8. The number of hydrogen-bond donors (Lipinski definition) is 0. The van der Waals surface area contributed by atoms with Crippen molar-refractivity contribution in [3.63, 3.8) is 0 Å².